The summed E-state index contributed by atoms with van der Waals surface area (Å²) in [6.45, 7) is 0.126. The topological polar surface area (TPSA) is 75.6 Å². The molecule has 0 aromatic heterocycles. The number of nitrogens with one attached hydrogen (secondary N) is 1. The van der Waals surface area contributed by atoms with Crippen LogP contribution in [-0.4, -0.2) is 29.6 Å². The predicted octanol–water partition coefficient (Wildman–Crippen LogP) is 2.88. The first-order chi connectivity index (χ1) is 12.1. The molecule has 1 amide bonds. The fraction of sp³-hybridized carbons (Fsp3) is 0.200. The minimum atomic E-state index is -1.07. The lowest BCUT2D eigenvalue weighted by Gasteiger charge is -2.13. The van der Waals surface area contributed by atoms with E-state index in [9.17, 15) is 14.7 Å². The third-order valence-electron chi connectivity index (χ3n) is 3.46. The Morgan fingerprint density at radius 2 is 1.68 bits per heavy atom. The second-order valence-electron chi connectivity index (χ2n) is 5.49. The summed E-state index contributed by atoms with van der Waals surface area (Å²) in [5, 5.41) is 11.7. The molecule has 0 spiro atoms. The number of carbonyl (C=O) groups is 2. The molecular weight excluding hydrogens is 318 g/mol. The van der Waals surface area contributed by atoms with Crippen molar-refractivity contribution < 1.29 is 19.4 Å². The fourth-order valence-corrected chi connectivity index (χ4v) is 2.20. The van der Waals surface area contributed by atoms with E-state index < -0.39 is 17.9 Å². The number of benzene rings is 2. The zero-order valence-corrected chi connectivity index (χ0v) is 13.8. The van der Waals surface area contributed by atoms with Gasteiger partial charge in [0.05, 0.1) is 6.61 Å². The second kappa shape index (κ2) is 10.1. The van der Waals surface area contributed by atoms with E-state index in [2.05, 4.69) is 5.32 Å². The lowest BCUT2D eigenvalue weighted by Crippen LogP contribution is -2.42. The third kappa shape index (κ3) is 7.01. The zero-order chi connectivity index (χ0) is 17.9. The maximum absolute atomic E-state index is 11.9. The molecule has 0 unspecified atom stereocenters. The summed E-state index contributed by atoms with van der Waals surface area (Å²) in [7, 11) is 0. The summed E-state index contributed by atoms with van der Waals surface area (Å²) in [6, 6.07) is 18.0. The zero-order valence-electron chi connectivity index (χ0n) is 13.8. The molecule has 0 aliphatic heterocycles. The minimum absolute atomic E-state index is 0.179. The highest BCUT2D eigenvalue weighted by Gasteiger charge is 2.18. The van der Waals surface area contributed by atoms with Gasteiger partial charge in [-0.2, -0.15) is 0 Å². The average Bonchev–Trinajstić information content (AvgIpc) is 2.62. The van der Waals surface area contributed by atoms with E-state index in [1.807, 2.05) is 66.7 Å². The van der Waals surface area contributed by atoms with Crippen molar-refractivity contribution in [1.29, 1.82) is 0 Å². The summed E-state index contributed by atoms with van der Waals surface area (Å²) in [4.78, 5) is 23.1. The number of hydrogen-bond acceptors (Lipinski definition) is 3. The van der Waals surface area contributed by atoms with Gasteiger partial charge in [-0.15, -0.1) is 0 Å². The van der Waals surface area contributed by atoms with Crippen LogP contribution in [0.1, 0.15) is 17.5 Å². The Hall–Kier alpha value is -2.92. The number of amides is 1. The van der Waals surface area contributed by atoms with Crippen LogP contribution < -0.4 is 5.32 Å². The molecule has 0 fully saturated rings. The van der Waals surface area contributed by atoms with Crippen molar-refractivity contribution in [3.63, 3.8) is 0 Å². The fourth-order valence-electron chi connectivity index (χ4n) is 2.20. The molecule has 2 aromatic rings. The number of ether oxygens (including phenoxy) is 1. The summed E-state index contributed by atoms with van der Waals surface area (Å²) >= 11 is 0. The SMILES string of the molecule is O=C(COCc1ccccc1)N[C@H](C/C=C/c1ccccc1)C(=O)O. The van der Waals surface area contributed by atoms with Gasteiger partial charge in [0.15, 0.2) is 0 Å². The smallest absolute Gasteiger partial charge is 0.326 e. The van der Waals surface area contributed by atoms with Crippen molar-refractivity contribution >= 4 is 18.0 Å². The van der Waals surface area contributed by atoms with E-state index in [1.165, 1.54) is 0 Å². The number of carboxylic acids is 1. The van der Waals surface area contributed by atoms with Crippen LogP contribution in [0.4, 0.5) is 0 Å². The highest BCUT2D eigenvalue weighted by Crippen LogP contribution is 2.04. The van der Waals surface area contributed by atoms with Crippen LogP contribution >= 0.6 is 0 Å². The number of rotatable bonds is 9. The van der Waals surface area contributed by atoms with E-state index in [0.717, 1.165) is 11.1 Å². The molecule has 0 radical (unpaired) electrons. The number of hydrogen-bond donors (Lipinski definition) is 2. The van der Waals surface area contributed by atoms with Crippen molar-refractivity contribution in [1.82, 2.24) is 5.32 Å². The third-order valence-corrected chi connectivity index (χ3v) is 3.46. The van der Waals surface area contributed by atoms with Gasteiger partial charge in [0, 0.05) is 0 Å². The van der Waals surface area contributed by atoms with Gasteiger partial charge in [0.2, 0.25) is 5.91 Å². The summed E-state index contributed by atoms with van der Waals surface area (Å²) in [5.41, 5.74) is 1.93. The van der Waals surface area contributed by atoms with E-state index in [-0.39, 0.29) is 13.0 Å². The molecule has 2 rings (SSSR count). The first-order valence-corrected chi connectivity index (χ1v) is 8.00. The molecule has 0 heterocycles. The van der Waals surface area contributed by atoms with Crippen molar-refractivity contribution in [2.75, 3.05) is 6.61 Å². The summed E-state index contributed by atoms with van der Waals surface area (Å²) in [5.74, 6) is -1.52. The summed E-state index contributed by atoms with van der Waals surface area (Å²) < 4.78 is 5.31. The predicted molar refractivity (Wildman–Crippen MR) is 95.8 cm³/mol. The van der Waals surface area contributed by atoms with E-state index in [4.69, 9.17) is 4.74 Å². The van der Waals surface area contributed by atoms with Crippen molar-refractivity contribution in [3.8, 4) is 0 Å². The minimum Gasteiger partial charge on any atom is -0.480 e. The Labute approximate surface area is 146 Å². The van der Waals surface area contributed by atoms with Crippen LogP contribution in [0.3, 0.4) is 0 Å². The second-order valence-corrected chi connectivity index (χ2v) is 5.49. The van der Waals surface area contributed by atoms with Crippen molar-refractivity contribution in [3.05, 3.63) is 77.9 Å². The molecule has 0 aliphatic rings. The molecule has 1 atom stereocenters. The van der Waals surface area contributed by atoms with Gasteiger partial charge >= 0.3 is 5.97 Å². The molecule has 0 aliphatic carbocycles. The van der Waals surface area contributed by atoms with Gasteiger partial charge in [-0.05, 0) is 17.5 Å². The number of aliphatic carboxylic acids is 1. The Morgan fingerprint density at radius 1 is 1.04 bits per heavy atom. The Balaban J connectivity index is 1.77. The van der Waals surface area contributed by atoms with Crippen LogP contribution in [0.2, 0.25) is 0 Å². The molecule has 2 aromatic carbocycles. The standard InChI is InChI=1S/C20H21NO4/c22-19(15-25-14-17-10-5-2-6-11-17)21-18(20(23)24)13-7-12-16-8-3-1-4-9-16/h1-12,18H,13-15H2,(H,21,22)(H,23,24)/b12-7+/t18-/m1/s1. The van der Waals surface area contributed by atoms with E-state index >= 15 is 0 Å². The average molecular weight is 339 g/mol. The van der Waals surface area contributed by atoms with Crippen LogP contribution in [0.5, 0.6) is 0 Å². The van der Waals surface area contributed by atoms with Gasteiger partial charge in [-0.3, -0.25) is 4.79 Å². The normalized spacial score (nSPS) is 12.0. The highest BCUT2D eigenvalue weighted by molar-refractivity contribution is 5.84. The molecular formula is C20H21NO4. The molecule has 130 valence electrons. The van der Waals surface area contributed by atoms with Gasteiger partial charge in [0.1, 0.15) is 12.6 Å². The Morgan fingerprint density at radius 3 is 2.32 bits per heavy atom. The maximum atomic E-state index is 11.9. The van der Waals surface area contributed by atoms with Crippen LogP contribution in [0, 0.1) is 0 Å². The van der Waals surface area contributed by atoms with E-state index in [0.29, 0.717) is 6.61 Å². The van der Waals surface area contributed by atoms with Gasteiger partial charge in [-0.1, -0.05) is 72.8 Å². The molecule has 0 saturated carbocycles. The lowest BCUT2D eigenvalue weighted by molar-refractivity contribution is -0.142. The largest absolute Gasteiger partial charge is 0.480 e. The lowest BCUT2D eigenvalue weighted by atomic mass is 10.1. The number of carboxylic acid groups (broad SMARTS) is 1. The molecule has 5 heteroatoms. The summed E-state index contributed by atoms with van der Waals surface area (Å²) in [6.07, 6.45) is 3.77. The van der Waals surface area contributed by atoms with E-state index in [1.54, 1.807) is 6.08 Å². The van der Waals surface area contributed by atoms with Crippen molar-refractivity contribution in [2.24, 2.45) is 0 Å². The van der Waals surface area contributed by atoms with Gasteiger partial charge < -0.3 is 15.2 Å². The highest BCUT2D eigenvalue weighted by atomic mass is 16.5. The molecule has 5 nitrogen and oxygen atoms in total. The molecule has 2 N–H and O–H groups in total. The Bertz CT molecular complexity index is 698. The van der Waals surface area contributed by atoms with Crippen LogP contribution in [0.25, 0.3) is 6.08 Å². The first kappa shape index (κ1) is 18.4. The Kier molecular flexibility index (Phi) is 7.41. The number of carbonyl (C=O) groups excluding carboxylic acids is 1. The molecule has 25 heavy (non-hydrogen) atoms. The van der Waals surface area contributed by atoms with Crippen molar-refractivity contribution in [2.45, 2.75) is 19.1 Å². The van der Waals surface area contributed by atoms with Gasteiger partial charge in [0.25, 0.3) is 0 Å². The quantitative estimate of drug-likeness (QED) is 0.736. The monoisotopic (exact) mass is 339 g/mol. The molecule has 0 saturated heterocycles. The molecule has 0 bridgehead atoms. The van der Waals surface area contributed by atoms with Gasteiger partial charge in [-0.25, -0.2) is 4.79 Å². The maximum Gasteiger partial charge on any atom is 0.326 e. The van der Waals surface area contributed by atoms with Crippen LogP contribution in [-0.2, 0) is 20.9 Å². The first-order valence-electron chi connectivity index (χ1n) is 8.00. The van der Waals surface area contributed by atoms with Crippen LogP contribution in [0.15, 0.2) is 66.7 Å².